The number of rotatable bonds is 7. The number of hydrogen-bond donors (Lipinski definition) is 0. The summed E-state index contributed by atoms with van der Waals surface area (Å²) >= 11 is 0. The molecule has 4 fully saturated rings. The maximum Gasteiger partial charge on any atom is 0.0618 e. The molecular weight excluding hydrogens is 771 g/mol. The quantitative estimate of drug-likeness (QED) is 0.155. The van der Waals surface area contributed by atoms with Crippen LogP contribution in [0, 0.1) is 17.8 Å². The van der Waals surface area contributed by atoms with Gasteiger partial charge in [-0.05, 0) is 164 Å². The Hall–Kier alpha value is -6.70. The summed E-state index contributed by atoms with van der Waals surface area (Å²) in [6.07, 6.45) is 8.64. The van der Waals surface area contributed by atoms with Gasteiger partial charge in [0, 0.05) is 27.9 Å². The van der Waals surface area contributed by atoms with E-state index >= 15 is 0 Å². The van der Waals surface area contributed by atoms with Gasteiger partial charge >= 0.3 is 0 Å². The molecule has 0 saturated heterocycles. The Kier molecular flexibility index (Phi) is 8.52. The summed E-state index contributed by atoms with van der Waals surface area (Å²) in [5, 5.41) is 4.98. The fourth-order valence-corrected chi connectivity index (χ4v) is 13.6. The Balaban J connectivity index is 0.995. The van der Waals surface area contributed by atoms with E-state index in [1.54, 1.807) is 5.56 Å². The Morgan fingerprint density at radius 2 is 0.938 bits per heavy atom. The SMILES string of the molecule is CC1(C)c2ccccc2-c2ccc(N(c3ccc(-c4ccc(C56CC7CC(CC(C7)C5)C6)cc4)cc3)c3c(-c4ccc5ccccc5c4)cccc3-c3cccc4ccccc34)cc21. The van der Waals surface area contributed by atoms with Crippen molar-refractivity contribution in [1.82, 2.24) is 0 Å². The van der Waals surface area contributed by atoms with Crippen LogP contribution < -0.4 is 4.90 Å². The van der Waals surface area contributed by atoms with E-state index < -0.39 is 0 Å². The molecular formula is C63H53N. The summed E-state index contributed by atoms with van der Waals surface area (Å²) in [5.41, 5.74) is 18.1. The molecule has 9 aromatic rings. The first-order chi connectivity index (χ1) is 31.4. The van der Waals surface area contributed by atoms with Crippen LogP contribution in [0.2, 0.25) is 0 Å². The van der Waals surface area contributed by atoms with Crippen LogP contribution >= 0.6 is 0 Å². The van der Waals surface area contributed by atoms with Gasteiger partial charge in [0.15, 0.2) is 0 Å². The first kappa shape index (κ1) is 37.8. The smallest absolute Gasteiger partial charge is 0.0618 e. The molecule has 5 aliphatic rings. The van der Waals surface area contributed by atoms with Gasteiger partial charge in [0.1, 0.15) is 0 Å². The molecule has 4 saturated carbocycles. The molecule has 4 bridgehead atoms. The molecule has 0 spiro atoms. The molecule has 0 aromatic heterocycles. The van der Waals surface area contributed by atoms with Crippen molar-refractivity contribution in [2.24, 2.45) is 17.8 Å². The molecule has 14 rings (SSSR count). The third-order valence-electron chi connectivity index (χ3n) is 16.2. The summed E-state index contributed by atoms with van der Waals surface area (Å²) in [6, 6.07) is 73.6. The molecule has 0 radical (unpaired) electrons. The van der Waals surface area contributed by atoms with Crippen molar-refractivity contribution in [1.29, 1.82) is 0 Å². The van der Waals surface area contributed by atoms with Gasteiger partial charge in [-0.1, -0.05) is 178 Å². The highest BCUT2D eigenvalue weighted by Crippen LogP contribution is 2.61. The molecule has 5 aliphatic carbocycles. The van der Waals surface area contributed by atoms with Gasteiger partial charge in [-0.25, -0.2) is 0 Å². The zero-order valence-electron chi connectivity index (χ0n) is 36.9. The highest BCUT2D eigenvalue weighted by molar-refractivity contribution is 6.06. The summed E-state index contributed by atoms with van der Waals surface area (Å²) in [5.74, 6) is 2.84. The lowest BCUT2D eigenvalue weighted by molar-refractivity contribution is -0.00518. The zero-order valence-corrected chi connectivity index (χ0v) is 36.9. The summed E-state index contributed by atoms with van der Waals surface area (Å²) in [4.78, 5) is 2.56. The molecule has 1 nitrogen and oxygen atoms in total. The molecule has 0 N–H and O–H groups in total. The lowest BCUT2D eigenvalue weighted by atomic mass is 9.48. The molecule has 0 atom stereocenters. The van der Waals surface area contributed by atoms with E-state index in [9.17, 15) is 0 Å². The topological polar surface area (TPSA) is 3.24 Å². The van der Waals surface area contributed by atoms with Crippen LogP contribution in [0.1, 0.15) is 69.1 Å². The van der Waals surface area contributed by atoms with Crippen molar-refractivity contribution >= 4 is 38.6 Å². The highest BCUT2D eigenvalue weighted by Gasteiger charge is 2.51. The lowest BCUT2D eigenvalue weighted by Crippen LogP contribution is -2.48. The monoisotopic (exact) mass is 823 g/mol. The summed E-state index contributed by atoms with van der Waals surface area (Å²) in [7, 11) is 0. The Morgan fingerprint density at radius 1 is 0.391 bits per heavy atom. The molecule has 0 heterocycles. The first-order valence-electron chi connectivity index (χ1n) is 23.7. The van der Waals surface area contributed by atoms with Crippen molar-refractivity contribution in [3.05, 3.63) is 211 Å². The Morgan fingerprint density at radius 3 is 1.70 bits per heavy atom. The number of nitrogens with zero attached hydrogens (tertiary/aromatic N) is 1. The van der Waals surface area contributed by atoms with Crippen molar-refractivity contribution in [3.8, 4) is 44.5 Å². The van der Waals surface area contributed by atoms with Gasteiger partial charge in [-0.3, -0.25) is 0 Å². The van der Waals surface area contributed by atoms with Crippen LogP contribution in [-0.4, -0.2) is 0 Å². The number of benzene rings is 9. The molecule has 0 amide bonds. The maximum absolute atomic E-state index is 2.56. The van der Waals surface area contributed by atoms with Gasteiger partial charge in [0.05, 0.1) is 5.69 Å². The largest absolute Gasteiger partial charge is 0.309 e. The number of para-hydroxylation sites is 1. The van der Waals surface area contributed by atoms with Gasteiger partial charge in [-0.2, -0.15) is 0 Å². The minimum atomic E-state index is -0.143. The fourth-order valence-electron chi connectivity index (χ4n) is 13.6. The van der Waals surface area contributed by atoms with E-state index in [1.807, 2.05) is 0 Å². The van der Waals surface area contributed by atoms with Crippen LogP contribution in [0.15, 0.2) is 194 Å². The lowest BCUT2D eigenvalue weighted by Gasteiger charge is -2.57. The highest BCUT2D eigenvalue weighted by atomic mass is 15.1. The van der Waals surface area contributed by atoms with E-state index in [2.05, 4.69) is 213 Å². The second kappa shape index (κ2) is 14.4. The van der Waals surface area contributed by atoms with Gasteiger partial charge in [-0.15, -0.1) is 0 Å². The predicted molar refractivity (Wildman–Crippen MR) is 270 cm³/mol. The van der Waals surface area contributed by atoms with Gasteiger partial charge in [0.25, 0.3) is 0 Å². The van der Waals surface area contributed by atoms with Crippen LogP contribution in [0.3, 0.4) is 0 Å². The minimum Gasteiger partial charge on any atom is -0.309 e. The van der Waals surface area contributed by atoms with Crippen LogP contribution in [0.5, 0.6) is 0 Å². The number of hydrogen-bond acceptors (Lipinski definition) is 1. The second-order valence-electron chi connectivity index (χ2n) is 20.3. The van der Waals surface area contributed by atoms with Crippen molar-refractivity contribution in [2.75, 3.05) is 4.90 Å². The first-order valence-corrected chi connectivity index (χ1v) is 23.7. The standard InChI is InChI=1S/C63H53N/c1-62(2)59-20-8-7-16-56(59)57-32-31-52(37-60(57)62)64(51-29-25-46(26-30-51)45-23-27-50(28-24-45)63-38-41-33-42(39-63)35-43(34-41)40-63)61-54(49-22-21-44-11-3-4-13-48(44)36-49)17-10-19-58(61)55-18-9-14-47-12-5-6-15-53(47)55/h3-32,36-37,41-43H,33-35,38-40H2,1-2H3. The van der Waals surface area contributed by atoms with Crippen molar-refractivity contribution < 1.29 is 0 Å². The van der Waals surface area contributed by atoms with E-state index in [0.717, 1.165) is 29.1 Å². The van der Waals surface area contributed by atoms with E-state index in [0.29, 0.717) is 5.41 Å². The summed E-state index contributed by atoms with van der Waals surface area (Å²) < 4.78 is 0. The van der Waals surface area contributed by atoms with Crippen LogP contribution in [0.4, 0.5) is 17.1 Å². The fraction of sp³-hybridized carbons (Fsp3) is 0.206. The Bertz CT molecular complexity index is 3240. The predicted octanol–water partition coefficient (Wildman–Crippen LogP) is 17.2. The second-order valence-corrected chi connectivity index (χ2v) is 20.3. The molecule has 1 heteroatoms. The third kappa shape index (κ3) is 5.97. The van der Waals surface area contributed by atoms with E-state index in [4.69, 9.17) is 0 Å². The van der Waals surface area contributed by atoms with E-state index in [-0.39, 0.29) is 5.41 Å². The zero-order chi connectivity index (χ0) is 42.6. The van der Waals surface area contributed by atoms with Crippen molar-refractivity contribution in [3.63, 3.8) is 0 Å². The number of anilines is 3. The molecule has 9 aromatic carbocycles. The van der Waals surface area contributed by atoms with Gasteiger partial charge < -0.3 is 4.90 Å². The maximum atomic E-state index is 2.56. The summed E-state index contributed by atoms with van der Waals surface area (Å²) in [6.45, 7) is 4.78. The average Bonchev–Trinajstić information content (AvgIpc) is 3.56. The van der Waals surface area contributed by atoms with Crippen LogP contribution in [-0.2, 0) is 10.8 Å². The molecule has 310 valence electrons. The third-order valence-corrected chi connectivity index (χ3v) is 16.2. The number of fused-ring (bicyclic) bond motifs is 5. The average molecular weight is 824 g/mol. The molecule has 0 aliphatic heterocycles. The minimum absolute atomic E-state index is 0.143. The normalized spacial score (nSPS) is 21.2. The van der Waals surface area contributed by atoms with E-state index in [1.165, 1.54) is 121 Å². The Labute approximate surface area is 378 Å². The van der Waals surface area contributed by atoms with Gasteiger partial charge in [0.2, 0.25) is 0 Å². The van der Waals surface area contributed by atoms with Crippen molar-refractivity contribution in [2.45, 2.75) is 63.2 Å². The molecule has 0 unspecified atom stereocenters. The molecule has 64 heavy (non-hydrogen) atoms. The van der Waals surface area contributed by atoms with Crippen LogP contribution in [0.25, 0.3) is 66.1 Å².